The summed E-state index contributed by atoms with van der Waals surface area (Å²) in [5.41, 5.74) is 0.543. The zero-order chi connectivity index (χ0) is 13.8. The average Bonchev–Trinajstić information content (AvgIpc) is 2.89. The minimum absolute atomic E-state index is 0.253. The fraction of sp³-hybridized carbons (Fsp3) is 0.462. The molecular weight excluding hydrogens is 248 g/mol. The molecule has 0 unspecified atom stereocenters. The lowest BCUT2D eigenvalue weighted by molar-refractivity contribution is -0.145. The van der Waals surface area contributed by atoms with Crippen LogP contribution in [0.25, 0.3) is 0 Å². The Bertz CT molecular complexity index is 472. The molecule has 0 bridgehead atoms. The first-order valence-electron chi connectivity index (χ1n) is 6.15. The molecule has 19 heavy (non-hydrogen) atoms. The lowest BCUT2D eigenvalue weighted by Gasteiger charge is -2.15. The monoisotopic (exact) mass is 264 g/mol. The minimum Gasteiger partial charge on any atom is -0.481 e. The summed E-state index contributed by atoms with van der Waals surface area (Å²) in [5.74, 6) is -1.73. The Kier molecular flexibility index (Phi) is 3.99. The van der Waals surface area contributed by atoms with Crippen LogP contribution in [0.4, 0.5) is 5.69 Å². The summed E-state index contributed by atoms with van der Waals surface area (Å²) >= 11 is 0. The molecule has 1 fully saturated rings. The molecule has 2 atom stereocenters. The number of carbonyl (C=O) groups excluding carboxylic acids is 1. The zero-order valence-corrected chi connectivity index (χ0v) is 10.6. The summed E-state index contributed by atoms with van der Waals surface area (Å²) in [7, 11) is 1.51. The van der Waals surface area contributed by atoms with Crippen LogP contribution in [0.3, 0.4) is 0 Å². The van der Waals surface area contributed by atoms with Crippen molar-refractivity contribution < 1.29 is 19.4 Å². The van der Waals surface area contributed by atoms with Crippen molar-refractivity contribution in [1.29, 1.82) is 0 Å². The Labute approximate surface area is 110 Å². The maximum absolute atomic E-state index is 12.1. The van der Waals surface area contributed by atoms with Crippen molar-refractivity contribution in [3.05, 3.63) is 18.3 Å². The Morgan fingerprint density at radius 3 is 2.68 bits per heavy atom. The number of amides is 1. The second-order valence-electron chi connectivity index (χ2n) is 4.56. The summed E-state index contributed by atoms with van der Waals surface area (Å²) < 4.78 is 4.92. The van der Waals surface area contributed by atoms with Gasteiger partial charge in [-0.3, -0.25) is 9.59 Å². The van der Waals surface area contributed by atoms with Gasteiger partial charge < -0.3 is 15.2 Å². The van der Waals surface area contributed by atoms with Gasteiger partial charge in [0.15, 0.2) is 0 Å². The number of carbonyl (C=O) groups is 2. The maximum atomic E-state index is 12.1. The third-order valence-corrected chi connectivity index (χ3v) is 3.38. The Balaban J connectivity index is 2.01. The highest BCUT2D eigenvalue weighted by Crippen LogP contribution is 2.32. The fourth-order valence-corrected chi connectivity index (χ4v) is 2.38. The van der Waals surface area contributed by atoms with Crippen molar-refractivity contribution in [2.24, 2.45) is 11.8 Å². The van der Waals surface area contributed by atoms with E-state index in [1.807, 2.05) is 0 Å². The van der Waals surface area contributed by atoms with Gasteiger partial charge in [0.25, 0.3) is 0 Å². The second kappa shape index (κ2) is 5.69. The second-order valence-corrected chi connectivity index (χ2v) is 4.56. The summed E-state index contributed by atoms with van der Waals surface area (Å²) in [6.07, 6.45) is 3.44. The normalized spacial score (nSPS) is 21.9. The number of ether oxygens (including phenoxy) is 1. The molecule has 1 heterocycles. The molecule has 102 valence electrons. The molecule has 0 aromatic carbocycles. The molecular formula is C13H16N2O4. The molecule has 1 aliphatic carbocycles. The zero-order valence-electron chi connectivity index (χ0n) is 10.6. The first-order valence-corrected chi connectivity index (χ1v) is 6.15. The number of nitrogens with one attached hydrogen (secondary N) is 1. The summed E-state index contributed by atoms with van der Waals surface area (Å²) in [5, 5.41) is 11.8. The van der Waals surface area contributed by atoms with Crippen LogP contribution < -0.4 is 10.1 Å². The van der Waals surface area contributed by atoms with E-state index in [2.05, 4.69) is 10.3 Å². The number of carboxylic acid groups (broad SMARTS) is 1. The molecule has 0 aliphatic heterocycles. The first kappa shape index (κ1) is 13.3. The summed E-state index contributed by atoms with van der Waals surface area (Å²) in [6, 6.07) is 3.31. The molecule has 0 spiro atoms. The van der Waals surface area contributed by atoms with E-state index in [9.17, 15) is 9.59 Å². The van der Waals surface area contributed by atoms with Crippen molar-refractivity contribution in [1.82, 2.24) is 4.98 Å². The van der Waals surface area contributed by atoms with Gasteiger partial charge in [0.05, 0.1) is 30.8 Å². The standard InChI is InChI=1S/C13H16N2O4/c1-19-11-6-5-8(7-14-11)15-12(16)9-3-2-4-10(9)13(17)18/h5-7,9-10H,2-4H2,1H3,(H,15,16)(H,17,18)/t9-,10+/m1/s1. The molecule has 2 N–H and O–H groups in total. The highest BCUT2D eigenvalue weighted by molar-refractivity contribution is 5.95. The van der Waals surface area contributed by atoms with Crippen LogP contribution in [-0.4, -0.2) is 29.1 Å². The third-order valence-electron chi connectivity index (χ3n) is 3.38. The minimum atomic E-state index is -0.898. The molecule has 0 radical (unpaired) electrons. The van der Waals surface area contributed by atoms with Gasteiger partial charge in [-0.25, -0.2) is 4.98 Å². The van der Waals surface area contributed by atoms with Crippen molar-refractivity contribution in [2.45, 2.75) is 19.3 Å². The van der Waals surface area contributed by atoms with E-state index in [0.29, 0.717) is 24.4 Å². The molecule has 0 saturated heterocycles. The first-order chi connectivity index (χ1) is 9.11. The van der Waals surface area contributed by atoms with E-state index in [-0.39, 0.29) is 5.91 Å². The van der Waals surface area contributed by atoms with Crippen LogP contribution in [0, 0.1) is 11.8 Å². The van der Waals surface area contributed by atoms with E-state index in [1.54, 1.807) is 12.1 Å². The summed E-state index contributed by atoms with van der Waals surface area (Å²) in [4.78, 5) is 27.1. The predicted octanol–water partition coefficient (Wildman–Crippen LogP) is 1.53. The smallest absolute Gasteiger partial charge is 0.307 e. The number of anilines is 1. The van der Waals surface area contributed by atoms with Crippen LogP contribution in [-0.2, 0) is 9.59 Å². The number of carboxylic acids is 1. The molecule has 6 heteroatoms. The van der Waals surface area contributed by atoms with Gasteiger partial charge >= 0.3 is 5.97 Å². The highest BCUT2D eigenvalue weighted by Gasteiger charge is 2.37. The van der Waals surface area contributed by atoms with Gasteiger partial charge in [-0.1, -0.05) is 6.42 Å². The van der Waals surface area contributed by atoms with Crippen LogP contribution >= 0.6 is 0 Å². The number of pyridine rings is 1. The van der Waals surface area contributed by atoms with E-state index in [4.69, 9.17) is 9.84 Å². The Morgan fingerprint density at radius 2 is 2.11 bits per heavy atom. The lowest BCUT2D eigenvalue weighted by atomic mass is 9.95. The van der Waals surface area contributed by atoms with Crippen molar-refractivity contribution >= 4 is 17.6 Å². The van der Waals surface area contributed by atoms with Crippen LogP contribution in [0.5, 0.6) is 5.88 Å². The fourth-order valence-electron chi connectivity index (χ4n) is 2.38. The third kappa shape index (κ3) is 3.01. The van der Waals surface area contributed by atoms with Gasteiger partial charge in [0, 0.05) is 6.07 Å². The topological polar surface area (TPSA) is 88.5 Å². The van der Waals surface area contributed by atoms with Gasteiger partial charge in [-0.15, -0.1) is 0 Å². The number of hydrogen-bond donors (Lipinski definition) is 2. The molecule has 1 aromatic heterocycles. The van der Waals surface area contributed by atoms with Gasteiger partial charge in [0.1, 0.15) is 0 Å². The molecule has 1 saturated carbocycles. The highest BCUT2D eigenvalue weighted by atomic mass is 16.5. The maximum Gasteiger partial charge on any atom is 0.307 e. The van der Waals surface area contributed by atoms with Gasteiger partial charge in [-0.2, -0.15) is 0 Å². The van der Waals surface area contributed by atoms with E-state index < -0.39 is 17.8 Å². The van der Waals surface area contributed by atoms with E-state index in [1.165, 1.54) is 13.3 Å². The molecule has 6 nitrogen and oxygen atoms in total. The number of aliphatic carboxylic acids is 1. The van der Waals surface area contributed by atoms with Crippen LogP contribution in [0.1, 0.15) is 19.3 Å². The van der Waals surface area contributed by atoms with Crippen LogP contribution in [0.15, 0.2) is 18.3 Å². The van der Waals surface area contributed by atoms with E-state index >= 15 is 0 Å². The number of rotatable bonds is 4. The SMILES string of the molecule is COc1ccc(NC(=O)[C@@H]2CCC[C@@H]2C(=O)O)cn1. The molecule has 1 amide bonds. The number of methoxy groups -OCH3 is 1. The van der Waals surface area contributed by atoms with Gasteiger partial charge in [-0.05, 0) is 18.9 Å². The average molecular weight is 264 g/mol. The number of aromatic nitrogens is 1. The lowest BCUT2D eigenvalue weighted by Crippen LogP contribution is -2.30. The van der Waals surface area contributed by atoms with Crippen molar-refractivity contribution in [2.75, 3.05) is 12.4 Å². The van der Waals surface area contributed by atoms with Crippen LogP contribution in [0.2, 0.25) is 0 Å². The Hall–Kier alpha value is -2.11. The van der Waals surface area contributed by atoms with Crippen molar-refractivity contribution in [3.8, 4) is 5.88 Å². The number of nitrogens with zero attached hydrogens (tertiary/aromatic N) is 1. The number of hydrogen-bond acceptors (Lipinski definition) is 4. The molecule has 1 aliphatic rings. The van der Waals surface area contributed by atoms with Gasteiger partial charge in [0.2, 0.25) is 11.8 Å². The van der Waals surface area contributed by atoms with Crippen molar-refractivity contribution in [3.63, 3.8) is 0 Å². The molecule has 1 aromatic rings. The van der Waals surface area contributed by atoms with E-state index in [0.717, 1.165) is 6.42 Å². The predicted molar refractivity (Wildman–Crippen MR) is 67.9 cm³/mol. The molecule has 2 rings (SSSR count). The quantitative estimate of drug-likeness (QED) is 0.861. The summed E-state index contributed by atoms with van der Waals surface area (Å²) in [6.45, 7) is 0. The Morgan fingerprint density at radius 1 is 1.37 bits per heavy atom. The largest absolute Gasteiger partial charge is 0.481 e.